The average Bonchev–Trinajstić information content (AvgIpc) is 1.80. The van der Waals surface area contributed by atoms with Crippen molar-refractivity contribution in [2.45, 2.75) is 0 Å². The molecule has 0 saturated heterocycles. The molecule has 0 nitrogen and oxygen atoms in total. The molecule has 0 radical (unpaired) electrons. The van der Waals surface area contributed by atoms with Gasteiger partial charge in [-0.25, -0.2) is 0 Å². The van der Waals surface area contributed by atoms with Crippen LogP contribution in [0, 0.1) is 3.57 Å². The second-order valence-corrected chi connectivity index (χ2v) is 5.09. The van der Waals surface area contributed by atoms with Gasteiger partial charge in [0.05, 0.1) is 0 Å². The van der Waals surface area contributed by atoms with E-state index in [1.165, 1.54) is 13.2 Å². The Morgan fingerprint density at radius 2 is 2.11 bits per heavy atom. The molecule has 0 unspecified atom stereocenters. The molecule has 0 amide bonds. The maximum atomic E-state index is 3.44. The summed E-state index contributed by atoms with van der Waals surface area (Å²) in [5, 5.41) is 1.45. The van der Waals surface area contributed by atoms with Crippen molar-refractivity contribution in [3.05, 3.63) is 26.2 Å². The monoisotopic (exact) mass is 312 g/mol. The summed E-state index contributed by atoms with van der Waals surface area (Å²) >= 11 is 5.76. The first-order valence-corrected chi connectivity index (χ1v) is 5.49. The Kier molecular flexibility index (Phi) is 2.72. The van der Waals surface area contributed by atoms with E-state index < -0.39 is 0 Å². The minimum atomic E-state index is 1.14. The van der Waals surface area contributed by atoms with Gasteiger partial charge in [0.1, 0.15) is 0 Å². The number of benzene rings is 1. The molecule has 0 spiro atoms. The average molecular weight is 313 g/mol. The van der Waals surface area contributed by atoms with Gasteiger partial charge in [-0.15, -0.1) is 0 Å². The molecule has 0 atom stereocenters. The van der Waals surface area contributed by atoms with Gasteiger partial charge in [-0.05, 0) is 50.7 Å². The molecule has 0 aromatic heterocycles. The molecule has 0 aliphatic carbocycles. The molecule has 0 saturated carbocycles. The molecule has 9 heavy (non-hydrogen) atoms. The van der Waals surface area contributed by atoms with Gasteiger partial charge in [-0.2, -0.15) is 0 Å². The van der Waals surface area contributed by atoms with Crippen molar-refractivity contribution >= 4 is 54.0 Å². The summed E-state index contributed by atoms with van der Waals surface area (Å²) in [6, 6.07) is 6.46. The van der Waals surface area contributed by atoms with E-state index in [0.717, 1.165) is 10.2 Å². The van der Waals surface area contributed by atoms with E-state index in [1.807, 2.05) is 0 Å². The highest BCUT2D eigenvalue weighted by atomic mass is 127. The standard InChI is InChI=1S/C6H6BrISi/c7-5-2-1-4(9)3-6(5)8/h1-3H,9H3. The third-order valence-electron chi connectivity index (χ3n) is 1.08. The van der Waals surface area contributed by atoms with Crippen molar-refractivity contribution in [1.29, 1.82) is 0 Å². The zero-order valence-corrected chi connectivity index (χ0v) is 10.7. The Bertz CT molecular complexity index is 224. The highest BCUT2D eigenvalue weighted by molar-refractivity contribution is 14.1. The Labute approximate surface area is 79.7 Å². The van der Waals surface area contributed by atoms with Gasteiger partial charge < -0.3 is 0 Å². The van der Waals surface area contributed by atoms with Crippen LogP contribution >= 0.6 is 38.5 Å². The summed E-state index contributed by atoms with van der Waals surface area (Å²) in [5.74, 6) is 0. The molecule has 1 aromatic rings. The van der Waals surface area contributed by atoms with Gasteiger partial charge >= 0.3 is 0 Å². The zero-order chi connectivity index (χ0) is 6.85. The van der Waals surface area contributed by atoms with Crippen molar-refractivity contribution in [3.63, 3.8) is 0 Å². The van der Waals surface area contributed by atoms with Crippen LogP contribution < -0.4 is 5.19 Å². The molecule has 1 aromatic carbocycles. The molecule has 0 fully saturated rings. The second-order valence-electron chi connectivity index (χ2n) is 1.92. The molecule has 0 aliphatic heterocycles. The van der Waals surface area contributed by atoms with Gasteiger partial charge in [-0.3, -0.25) is 0 Å². The highest BCUT2D eigenvalue weighted by Crippen LogP contribution is 2.15. The summed E-state index contributed by atoms with van der Waals surface area (Å²) in [5.41, 5.74) is 0. The van der Waals surface area contributed by atoms with Crippen LogP contribution in [0.25, 0.3) is 0 Å². The van der Waals surface area contributed by atoms with Crippen LogP contribution in [0.2, 0.25) is 0 Å². The fourth-order valence-electron chi connectivity index (χ4n) is 0.601. The maximum absolute atomic E-state index is 3.44. The zero-order valence-electron chi connectivity index (χ0n) is 4.99. The van der Waals surface area contributed by atoms with Crippen molar-refractivity contribution in [2.75, 3.05) is 0 Å². The van der Waals surface area contributed by atoms with Crippen LogP contribution in [0.4, 0.5) is 0 Å². The predicted molar refractivity (Wildman–Crippen MR) is 56.4 cm³/mol. The lowest BCUT2D eigenvalue weighted by molar-refractivity contribution is 1.63. The van der Waals surface area contributed by atoms with E-state index in [4.69, 9.17) is 0 Å². The smallest absolute Gasteiger partial charge is 0.0385 e. The third-order valence-corrected chi connectivity index (χ3v) is 4.02. The Hall–Kier alpha value is 0.647. The Morgan fingerprint density at radius 1 is 1.44 bits per heavy atom. The normalized spacial score (nSPS) is 10.0. The number of hydrogen-bond acceptors (Lipinski definition) is 0. The van der Waals surface area contributed by atoms with Crippen molar-refractivity contribution < 1.29 is 0 Å². The quantitative estimate of drug-likeness (QED) is 0.496. The van der Waals surface area contributed by atoms with E-state index >= 15 is 0 Å². The van der Waals surface area contributed by atoms with Gasteiger partial charge in [0, 0.05) is 18.3 Å². The van der Waals surface area contributed by atoms with Crippen LogP contribution in [0.5, 0.6) is 0 Å². The van der Waals surface area contributed by atoms with Crippen LogP contribution in [-0.4, -0.2) is 10.2 Å². The fourth-order valence-corrected chi connectivity index (χ4v) is 2.56. The summed E-state index contributed by atoms with van der Waals surface area (Å²) in [7, 11) is 1.14. The lowest BCUT2D eigenvalue weighted by Gasteiger charge is -1.95. The summed E-state index contributed by atoms with van der Waals surface area (Å²) in [6.45, 7) is 0. The van der Waals surface area contributed by atoms with Crippen LogP contribution in [0.15, 0.2) is 22.7 Å². The van der Waals surface area contributed by atoms with Gasteiger partial charge in [0.25, 0.3) is 0 Å². The molecule has 0 N–H and O–H groups in total. The van der Waals surface area contributed by atoms with E-state index in [-0.39, 0.29) is 0 Å². The number of halogens is 2. The first-order valence-electron chi connectivity index (χ1n) is 2.62. The molecule has 0 heterocycles. The Morgan fingerprint density at radius 3 is 2.56 bits per heavy atom. The first kappa shape index (κ1) is 7.75. The summed E-state index contributed by atoms with van der Waals surface area (Å²) in [4.78, 5) is 0. The molecule has 0 bridgehead atoms. The SMILES string of the molecule is [SiH3]c1ccc(Br)c(I)c1. The maximum Gasteiger partial charge on any atom is 0.0385 e. The molecule has 0 aliphatic rings. The first-order chi connectivity index (χ1) is 4.20. The summed E-state index contributed by atoms with van der Waals surface area (Å²) < 4.78 is 2.50. The highest BCUT2D eigenvalue weighted by Gasteiger charge is 1.92. The Balaban J connectivity index is 3.17. The fraction of sp³-hybridized carbons (Fsp3) is 0. The largest absolute Gasteiger partial charge is 0.0697 e. The van der Waals surface area contributed by atoms with E-state index in [9.17, 15) is 0 Å². The molecular formula is C6H6BrISi. The molecule has 48 valence electrons. The molecular weight excluding hydrogens is 307 g/mol. The third kappa shape index (κ3) is 2.05. The van der Waals surface area contributed by atoms with Gasteiger partial charge in [-0.1, -0.05) is 11.3 Å². The van der Waals surface area contributed by atoms with Gasteiger partial charge in [0.15, 0.2) is 0 Å². The van der Waals surface area contributed by atoms with Crippen molar-refractivity contribution in [3.8, 4) is 0 Å². The minimum absolute atomic E-state index is 1.14. The minimum Gasteiger partial charge on any atom is -0.0697 e. The van der Waals surface area contributed by atoms with Crippen molar-refractivity contribution in [2.24, 2.45) is 0 Å². The lowest BCUT2D eigenvalue weighted by atomic mass is 10.4. The van der Waals surface area contributed by atoms with E-state index in [1.54, 1.807) is 0 Å². The molecule has 1 rings (SSSR count). The topological polar surface area (TPSA) is 0 Å². The van der Waals surface area contributed by atoms with E-state index in [2.05, 4.69) is 56.7 Å². The van der Waals surface area contributed by atoms with Crippen LogP contribution in [0.1, 0.15) is 0 Å². The number of hydrogen-bond donors (Lipinski definition) is 0. The second kappa shape index (κ2) is 3.16. The summed E-state index contributed by atoms with van der Waals surface area (Å²) in [6.07, 6.45) is 0. The van der Waals surface area contributed by atoms with E-state index in [0.29, 0.717) is 0 Å². The molecule has 3 heteroatoms. The van der Waals surface area contributed by atoms with Gasteiger partial charge in [0.2, 0.25) is 0 Å². The lowest BCUT2D eigenvalue weighted by Crippen LogP contribution is -2.00. The van der Waals surface area contributed by atoms with Crippen LogP contribution in [-0.2, 0) is 0 Å². The van der Waals surface area contributed by atoms with Crippen molar-refractivity contribution in [1.82, 2.24) is 0 Å². The number of rotatable bonds is 0. The predicted octanol–water partition coefficient (Wildman–Crippen LogP) is 1.04. The van der Waals surface area contributed by atoms with Crippen LogP contribution in [0.3, 0.4) is 0 Å².